The number of benzene rings is 1. The predicted molar refractivity (Wildman–Crippen MR) is 114 cm³/mol. The monoisotopic (exact) mass is 460 g/mol. The molecule has 0 radical (unpaired) electrons. The molecular formula is C21H19F3N6O3. The van der Waals surface area contributed by atoms with Gasteiger partial charge >= 0.3 is 12.1 Å². The third-order valence-corrected chi connectivity index (χ3v) is 4.40. The van der Waals surface area contributed by atoms with E-state index in [1.54, 1.807) is 18.2 Å². The standard InChI is InChI=1S/C21H19F3N6O3/c1-11-6-13(8-14(7-11)28-20-26-5-4-16(30-20)21(22,23)24)12-2-3-18(27-10-12)29-15(19(32)33)9-17(25)31/h2-8,10,15H,9H2,1H3,(H2,25,31)(H,27,29)(H,32,33)(H,26,28,30)/t15-/m1/s1. The van der Waals surface area contributed by atoms with Crippen molar-refractivity contribution in [2.45, 2.75) is 25.6 Å². The van der Waals surface area contributed by atoms with Gasteiger partial charge in [0.25, 0.3) is 0 Å². The maximum atomic E-state index is 12.9. The second-order valence-corrected chi connectivity index (χ2v) is 7.11. The van der Waals surface area contributed by atoms with Crippen LogP contribution in [0.3, 0.4) is 0 Å². The van der Waals surface area contributed by atoms with Crippen molar-refractivity contribution in [2.75, 3.05) is 10.6 Å². The van der Waals surface area contributed by atoms with Crippen LogP contribution in [-0.2, 0) is 15.8 Å². The summed E-state index contributed by atoms with van der Waals surface area (Å²) in [7, 11) is 0. The Morgan fingerprint density at radius 1 is 1.12 bits per heavy atom. The molecule has 3 aromatic rings. The van der Waals surface area contributed by atoms with Crippen LogP contribution in [0.1, 0.15) is 17.7 Å². The summed E-state index contributed by atoms with van der Waals surface area (Å²) in [5, 5.41) is 14.6. The summed E-state index contributed by atoms with van der Waals surface area (Å²) in [6.45, 7) is 1.81. The summed E-state index contributed by atoms with van der Waals surface area (Å²) in [4.78, 5) is 33.8. The number of aliphatic carboxylic acids is 1. The highest BCUT2D eigenvalue weighted by Crippen LogP contribution is 2.29. The number of halogens is 3. The number of nitrogens with one attached hydrogen (secondary N) is 2. The Morgan fingerprint density at radius 3 is 2.48 bits per heavy atom. The Kier molecular flexibility index (Phi) is 6.75. The van der Waals surface area contributed by atoms with E-state index in [-0.39, 0.29) is 11.8 Å². The van der Waals surface area contributed by atoms with Crippen LogP contribution in [0.4, 0.5) is 30.6 Å². The van der Waals surface area contributed by atoms with Crippen LogP contribution < -0.4 is 16.4 Å². The average molecular weight is 460 g/mol. The first-order valence-electron chi connectivity index (χ1n) is 9.54. The number of anilines is 3. The lowest BCUT2D eigenvalue weighted by molar-refractivity contribution is -0.141. The first kappa shape index (κ1) is 23.4. The van der Waals surface area contributed by atoms with Crippen LogP contribution in [0.15, 0.2) is 48.8 Å². The molecule has 1 aromatic carbocycles. The van der Waals surface area contributed by atoms with Crippen LogP contribution >= 0.6 is 0 Å². The number of rotatable bonds is 8. The molecule has 5 N–H and O–H groups in total. The number of nitrogens with zero attached hydrogens (tertiary/aromatic N) is 3. The lowest BCUT2D eigenvalue weighted by Gasteiger charge is -2.14. The molecular weight excluding hydrogens is 441 g/mol. The molecule has 1 atom stereocenters. The second-order valence-electron chi connectivity index (χ2n) is 7.11. The number of amides is 1. The molecule has 0 aliphatic rings. The second kappa shape index (κ2) is 9.51. The van der Waals surface area contributed by atoms with Crippen molar-refractivity contribution in [2.24, 2.45) is 5.73 Å². The van der Waals surface area contributed by atoms with E-state index in [4.69, 9.17) is 5.73 Å². The van der Waals surface area contributed by atoms with Crippen molar-refractivity contribution in [3.63, 3.8) is 0 Å². The molecule has 9 nitrogen and oxygen atoms in total. The molecule has 0 aliphatic carbocycles. The highest BCUT2D eigenvalue weighted by molar-refractivity contribution is 5.85. The molecule has 2 heterocycles. The molecule has 0 saturated heterocycles. The third kappa shape index (κ3) is 6.38. The summed E-state index contributed by atoms with van der Waals surface area (Å²) in [6.07, 6.45) is -2.48. The van der Waals surface area contributed by atoms with Gasteiger partial charge in [-0.3, -0.25) is 4.79 Å². The zero-order valence-corrected chi connectivity index (χ0v) is 17.2. The number of aromatic nitrogens is 3. The van der Waals surface area contributed by atoms with E-state index in [0.717, 1.165) is 17.8 Å². The summed E-state index contributed by atoms with van der Waals surface area (Å²) < 4.78 is 38.7. The molecule has 33 heavy (non-hydrogen) atoms. The Hall–Kier alpha value is -4.22. The largest absolute Gasteiger partial charge is 0.480 e. The summed E-state index contributed by atoms with van der Waals surface area (Å²) in [5.41, 5.74) is 6.66. The smallest absolute Gasteiger partial charge is 0.433 e. The minimum absolute atomic E-state index is 0.201. The quantitative estimate of drug-likeness (QED) is 0.401. The molecule has 0 saturated carbocycles. The number of primary amides is 1. The normalized spacial score (nSPS) is 12.1. The van der Waals surface area contributed by atoms with Gasteiger partial charge in [-0.2, -0.15) is 13.2 Å². The van der Waals surface area contributed by atoms with Crippen molar-refractivity contribution in [1.82, 2.24) is 15.0 Å². The van der Waals surface area contributed by atoms with E-state index in [9.17, 15) is 27.9 Å². The number of aryl methyl sites for hydroxylation is 1. The fourth-order valence-electron chi connectivity index (χ4n) is 2.96. The van der Waals surface area contributed by atoms with Crippen molar-refractivity contribution in [1.29, 1.82) is 0 Å². The Morgan fingerprint density at radius 2 is 1.88 bits per heavy atom. The average Bonchev–Trinajstić information content (AvgIpc) is 2.72. The number of carboxylic acids is 1. The summed E-state index contributed by atoms with van der Waals surface area (Å²) in [5.74, 6) is -1.98. The highest BCUT2D eigenvalue weighted by atomic mass is 19.4. The SMILES string of the molecule is Cc1cc(Nc2nccc(C(F)(F)F)n2)cc(-c2ccc(N[C@H](CC(N)=O)C(=O)O)nc2)c1. The molecule has 2 aromatic heterocycles. The van der Waals surface area contributed by atoms with Crippen molar-refractivity contribution in [3.05, 3.63) is 60.0 Å². The zero-order chi connectivity index (χ0) is 24.2. The first-order valence-corrected chi connectivity index (χ1v) is 9.54. The van der Waals surface area contributed by atoms with E-state index in [1.165, 1.54) is 12.3 Å². The minimum Gasteiger partial charge on any atom is -0.480 e. The number of carboxylic acid groups (broad SMARTS) is 1. The Balaban J connectivity index is 1.81. The summed E-state index contributed by atoms with van der Waals surface area (Å²) in [6, 6.07) is 8.03. The maximum absolute atomic E-state index is 12.9. The van der Waals surface area contributed by atoms with Gasteiger partial charge in [0.1, 0.15) is 17.6 Å². The van der Waals surface area contributed by atoms with Crippen molar-refractivity contribution in [3.8, 4) is 11.1 Å². The first-order chi connectivity index (χ1) is 15.5. The topological polar surface area (TPSA) is 143 Å². The van der Waals surface area contributed by atoms with E-state index in [0.29, 0.717) is 16.8 Å². The van der Waals surface area contributed by atoms with Crippen LogP contribution in [0, 0.1) is 6.92 Å². The number of nitrogens with two attached hydrogens (primary N) is 1. The molecule has 1 amide bonds. The van der Waals surface area contributed by atoms with Crippen LogP contribution in [0.5, 0.6) is 0 Å². The number of alkyl halides is 3. The minimum atomic E-state index is -4.59. The number of pyridine rings is 1. The van der Waals surface area contributed by atoms with Crippen LogP contribution in [0.25, 0.3) is 11.1 Å². The van der Waals surface area contributed by atoms with E-state index in [2.05, 4.69) is 25.6 Å². The maximum Gasteiger partial charge on any atom is 0.433 e. The molecule has 0 bridgehead atoms. The predicted octanol–water partition coefficient (Wildman–Crippen LogP) is 3.35. The Labute approximate surface area is 185 Å². The zero-order valence-electron chi connectivity index (χ0n) is 17.2. The molecule has 0 spiro atoms. The lowest BCUT2D eigenvalue weighted by Crippen LogP contribution is -2.34. The van der Waals surface area contributed by atoms with Gasteiger partial charge in [0.15, 0.2) is 0 Å². The van der Waals surface area contributed by atoms with E-state index < -0.39 is 36.2 Å². The van der Waals surface area contributed by atoms with Crippen molar-refractivity contribution < 1.29 is 27.9 Å². The molecule has 12 heteroatoms. The number of carbonyl (C=O) groups is 2. The van der Waals surface area contributed by atoms with Gasteiger partial charge in [-0.25, -0.2) is 19.7 Å². The third-order valence-electron chi connectivity index (χ3n) is 4.40. The highest BCUT2D eigenvalue weighted by Gasteiger charge is 2.32. The number of hydrogen-bond acceptors (Lipinski definition) is 7. The van der Waals surface area contributed by atoms with Gasteiger partial charge in [0, 0.05) is 23.6 Å². The van der Waals surface area contributed by atoms with Crippen molar-refractivity contribution >= 4 is 29.3 Å². The van der Waals surface area contributed by atoms with E-state index >= 15 is 0 Å². The van der Waals surface area contributed by atoms with Gasteiger partial charge in [0.2, 0.25) is 11.9 Å². The lowest BCUT2D eigenvalue weighted by atomic mass is 10.0. The number of hydrogen-bond donors (Lipinski definition) is 4. The van der Waals surface area contributed by atoms with E-state index in [1.807, 2.05) is 13.0 Å². The molecule has 0 aliphatic heterocycles. The fraction of sp³-hybridized carbons (Fsp3) is 0.190. The molecule has 3 rings (SSSR count). The number of carbonyl (C=O) groups excluding carboxylic acids is 1. The molecule has 172 valence electrons. The molecule has 0 fully saturated rings. The van der Waals surface area contributed by atoms with Crippen LogP contribution in [0.2, 0.25) is 0 Å². The fourth-order valence-corrected chi connectivity index (χ4v) is 2.96. The molecule has 0 unspecified atom stereocenters. The van der Waals surface area contributed by atoms with Gasteiger partial charge in [-0.1, -0.05) is 6.07 Å². The van der Waals surface area contributed by atoms with Gasteiger partial charge in [-0.15, -0.1) is 0 Å². The van der Waals surface area contributed by atoms with Gasteiger partial charge in [0.05, 0.1) is 6.42 Å². The van der Waals surface area contributed by atoms with Gasteiger partial charge < -0.3 is 21.5 Å². The summed E-state index contributed by atoms with van der Waals surface area (Å²) >= 11 is 0. The van der Waals surface area contributed by atoms with Crippen LogP contribution in [-0.4, -0.2) is 38.0 Å². The Bertz CT molecular complexity index is 1170. The van der Waals surface area contributed by atoms with Gasteiger partial charge in [-0.05, 0) is 48.4 Å².